The monoisotopic (exact) mass is 200 g/mol. The van der Waals surface area contributed by atoms with Crippen LogP contribution in [-0.4, -0.2) is 9.97 Å². The third kappa shape index (κ3) is 3.17. The van der Waals surface area contributed by atoms with Crippen molar-refractivity contribution in [3.8, 4) is 11.1 Å². The van der Waals surface area contributed by atoms with Crippen LogP contribution in [-0.2, 0) is 0 Å². The summed E-state index contributed by atoms with van der Waals surface area (Å²) in [4.78, 5) is 7.94. The molecule has 0 atom stereocenters. The Balaban J connectivity index is 0.000000531. The average Bonchev–Trinajstić information content (AvgIpc) is 2.34. The number of hydrogen-bond donors (Lipinski definition) is 0. The Hall–Kier alpha value is -1.70. The molecule has 0 radical (unpaired) electrons. The van der Waals surface area contributed by atoms with E-state index in [9.17, 15) is 0 Å². The van der Waals surface area contributed by atoms with Crippen molar-refractivity contribution in [1.29, 1.82) is 0 Å². The molecule has 0 saturated carbocycles. The predicted octanol–water partition coefficient (Wildman–Crippen LogP) is 3.48. The average molecular weight is 200 g/mol. The molecule has 0 aliphatic carbocycles. The number of aryl methyl sites for hydroxylation is 1. The van der Waals surface area contributed by atoms with E-state index in [0.29, 0.717) is 0 Å². The topological polar surface area (TPSA) is 25.8 Å². The largest absolute Gasteiger partial charge is 0.244 e. The van der Waals surface area contributed by atoms with Gasteiger partial charge in [-0.2, -0.15) is 0 Å². The van der Waals surface area contributed by atoms with Gasteiger partial charge in [-0.1, -0.05) is 43.7 Å². The van der Waals surface area contributed by atoms with Crippen LogP contribution in [0.5, 0.6) is 0 Å². The van der Waals surface area contributed by atoms with Gasteiger partial charge in [0, 0.05) is 18.0 Å². The predicted molar refractivity (Wildman–Crippen MR) is 63.6 cm³/mol. The molecule has 0 unspecified atom stereocenters. The Kier molecular flexibility index (Phi) is 4.48. The van der Waals surface area contributed by atoms with Gasteiger partial charge in [0.25, 0.3) is 0 Å². The molecule has 1 aromatic heterocycles. The Labute approximate surface area is 91.0 Å². The summed E-state index contributed by atoms with van der Waals surface area (Å²) in [5.41, 5.74) is 3.48. The van der Waals surface area contributed by atoms with Crippen LogP contribution in [0.15, 0.2) is 43.0 Å². The molecule has 0 aliphatic rings. The third-order valence-electron chi connectivity index (χ3n) is 1.95. The number of nitrogens with zero attached hydrogens (tertiary/aromatic N) is 2. The van der Waals surface area contributed by atoms with E-state index in [-0.39, 0.29) is 0 Å². The van der Waals surface area contributed by atoms with Crippen molar-refractivity contribution in [3.63, 3.8) is 0 Å². The van der Waals surface area contributed by atoms with E-state index in [4.69, 9.17) is 0 Å². The van der Waals surface area contributed by atoms with E-state index in [0.717, 1.165) is 11.1 Å². The molecule has 1 aromatic carbocycles. The first kappa shape index (κ1) is 11.4. The molecule has 2 rings (SSSR count). The van der Waals surface area contributed by atoms with Crippen molar-refractivity contribution in [2.45, 2.75) is 20.8 Å². The van der Waals surface area contributed by atoms with Gasteiger partial charge in [0.1, 0.15) is 6.33 Å². The van der Waals surface area contributed by atoms with Gasteiger partial charge in [0.2, 0.25) is 0 Å². The SMILES string of the molecule is CC.Cc1ccc(-c2cncnc2)cc1. The van der Waals surface area contributed by atoms with Crippen LogP contribution in [0.4, 0.5) is 0 Å². The van der Waals surface area contributed by atoms with Gasteiger partial charge in [0.05, 0.1) is 0 Å². The van der Waals surface area contributed by atoms with Gasteiger partial charge in [-0.3, -0.25) is 0 Å². The maximum absolute atomic E-state index is 3.97. The van der Waals surface area contributed by atoms with Gasteiger partial charge in [-0.15, -0.1) is 0 Å². The second-order valence-corrected chi connectivity index (χ2v) is 2.99. The third-order valence-corrected chi connectivity index (χ3v) is 1.95. The smallest absolute Gasteiger partial charge is 0.115 e. The zero-order chi connectivity index (χ0) is 11.1. The molecule has 0 amide bonds. The normalized spacial score (nSPS) is 9.00. The van der Waals surface area contributed by atoms with Crippen LogP contribution in [0.2, 0.25) is 0 Å². The fourth-order valence-electron chi connectivity index (χ4n) is 1.19. The number of rotatable bonds is 1. The lowest BCUT2D eigenvalue weighted by Crippen LogP contribution is -1.81. The molecule has 15 heavy (non-hydrogen) atoms. The first-order valence-corrected chi connectivity index (χ1v) is 5.18. The van der Waals surface area contributed by atoms with E-state index in [1.807, 2.05) is 26.2 Å². The molecule has 2 heteroatoms. The van der Waals surface area contributed by atoms with Crippen LogP contribution in [0.3, 0.4) is 0 Å². The van der Waals surface area contributed by atoms with Crippen molar-refractivity contribution in [2.75, 3.05) is 0 Å². The standard InChI is InChI=1S/C11H10N2.C2H6/c1-9-2-4-10(5-3-9)11-6-12-8-13-7-11;1-2/h2-8H,1H3;1-2H3. The second-order valence-electron chi connectivity index (χ2n) is 2.99. The Morgan fingerprint density at radius 3 is 1.87 bits per heavy atom. The lowest BCUT2D eigenvalue weighted by Gasteiger charge is -1.99. The lowest BCUT2D eigenvalue weighted by atomic mass is 10.1. The Bertz CT molecular complexity index is 379. The molecule has 0 aliphatic heterocycles. The first-order valence-electron chi connectivity index (χ1n) is 5.18. The number of benzene rings is 1. The van der Waals surface area contributed by atoms with Crippen LogP contribution >= 0.6 is 0 Å². The summed E-state index contributed by atoms with van der Waals surface area (Å²) >= 11 is 0. The Morgan fingerprint density at radius 1 is 0.800 bits per heavy atom. The van der Waals surface area contributed by atoms with Crippen molar-refractivity contribution >= 4 is 0 Å². The van der Waals surface area contributed by atoms with E-state index in [1.165, 1.54) is 11.9 Å². The van der Waals surface area contributed by atoms with Gasteiger partial charge < -0.3 is 0 Å². The highest BCUT2D eigenvalue weighted by molar-refractivity contribution is 5.61. The highest BCUT2D eigenvalue weighted by Crippen LogP contribution is 2.16. The lowest BCUT2D eigenvalue weighted by molar-refractivity contribution is 1.17. The molecule has 0 saturated heterocycles. The Morgan fingerprint density at radius 2 is 1.33 bits per heavy atom. The fraction of sp³-hybridized carbons (Fsp3) is 0.231. The van der Waals surface area contributed by atoms with E-state index >= 15 is 0 Å². The molecule has 1 heterocycles. The summed E-state index contributed by atoms with van der Waals surface area (Å²) < 4.78 is 0. The molecular formula is C13H16N2. The summed E-state index contributed by atoms with van der Waals surface area (Å²) in [5, 5.41) is 0. The maximum Gasteiger partial charge on any atom is 0.115 e. The summed E-state index contributed by atoms with van der Waals surface area (Å²) in [6.45, 7) is 6.07. The van der Waals surface area contributed by atoms with E-state index in [1.54, 1.807) is 0 Å². The number of aromatic nitrogens is 2. The minimum atomic E-state index is 1.06. The minimum absolute atomic E-state index is 1.06. The summed E-state index contributed by atoms with van der Waals surface area (Å²) in [7, 11) is 0. The maximum atomic E-state index is 3.97. The molecule has 0 bridgehead atoms. The molecule has 2 aromatic rings. The van der Waals surface area contributed by atoms with Crippen molar-refractivity contribution in [1.82, 2.24) is 9.97 Å². The highest BCUT2D eigenvalue weighted by Gasteiger charge is 1.95. The van der Waals surface area contributed by atoms with E-state index < -0.39 is 0 Å². The number of hydrogen-bond acceptors (Lipinski definition) is 2. The van der Waals surface area contributed by atoms with Crippen LogP contribution in [0, 0.1) is 6.92 Å². The highest BCUT2D eigenvalue weighted by atomic mass is 14.8. The molecular weight excluding hydrogens is 184 g/mol. The molecule has 78 valence electrons. The van der Waals surface area contributed by atoms with Crippen LogP contribution in [0.25, 0.3) is 11.1 Å². The molecule has 0 N–H and O–H groups in total. The zero-order valence-corrected chi connectivity index (χ0v) is 9.44. The quantitative estimate of drug-likeness (QED) is 0.704. The minimum Gasteiger partial charge on any atom is -0.244 e. The van der Waals surface area contributed by atoms with Crippen molar-refractivity contribution in [2.24, 2.45) is 0 Å². The van der Waals surface area contributed by atoms with Crippen molar-refractivity contribution < 1.29 is 0 Å². The zero-order valence-electron chi connectivity index (χ0n) is 9.44. The van der Waals surface area contributed by atoms with Gasteiger partial charge in [0.15, 0.2) is 0 Å². The van der Waals surface area contributed by atoms with Crippen LogP contribution < -0.4 is 0 Å². The second kappa shape index (κ2) is 5.91. The van der Waals surface area contributed by atoms with Gasteiger partial charge in [-0.25, -0.2) is 9.97 Å². The molecule has 0 spiro atoms. The molecule has 2 nitrogen and oxygen atoms in total. The summed E-state index contributed by atoms with van der Waals surface area (Å²) in [6, 6.07) is 8.33. The molecule has 0 fully saturated rings. The van der Waals surface area contributed by atoms with Crippen molar-refractivity contribution in [3.05, 3.63) is 48.5 Å². The van der Waals surface area contributed by atoms with Crippen LogP contribution in [0.1, 0.15) is 19.4 Å². The van der Waals surface area contributed by atoms with Gasteiger partial charge >= 0.3 is 0 Å². The fourth-order valence-corrected chi connectivity index (χ4v) is 1.19. The van der Waals surface area contributed by atoms with Gasteiger partial charge in [-0.05, 0) is 12.5 Å². The first-order chi connectivity index (χ1) is 7.36. The van der Waals surface area contributed by atoms with E-state index in [2.05, 4.69) is 41.2 Å². The summed E-state index contributed by atoms with van der Waals surface area (Å²) in [6.07, 6.45) is 5.17. The summed E-state index contributed by atoms with van der Waals surface area (Å²) in [5.74, 6) is 0.